The predicted molar refractivity (Wildman–Crippen MR) is 96.1 cm³/mol. The van der Waals surface area contributed by atoms with Gasteiger partial charge in [-0.3, -0.25) is 4.79 Å². The maximum atomic E-state index is 11.9. The van der Waals surface area contributed by atoms with Gasteiger partial charge in [-0.1, -0.05) is 48.5 Å². The molecule has 0 aliphatic carbocycles. The number of carbonyl (C=O) groups is 1. The Labute approximate surface area is 142 Å². The third kappa shape index (κ3) is 4.32. The van der Waals surface area contributed by atoms with Gasteiger partial charge in [0.25, 0.3) is 0 Å². The molecule has 1 N–H and O–H groups in total. The van der Waals surface area contributed by atoms with E-state index in [4.69, 9.17) is 0 Å². The molecule has 5 heteroatoms. The van der Waals surface area contributed by atoms with Crippen molar-refractivity contribution in [3.05, 3.63) is 66.2 Å². The first-order chi connectivity index (χ1) is 11.5. The van der Waals surface area contributed by atoms with Crippen molar-refractivity contribution in [1.29, 1.82) is 0 Å². The Balaban J connectivity index is 1.65. The number of sulfone groups is 1. The molecular formula is C19H19NO3S. The van der Waals surface area contributed by atoms with Gasteiger partial charge in [0.15, 0.2) is 9.84 Å². The second-order valence-corrected chi connectivity index (χ2v) is 8.16. The minimum absolute atomic E-state index is 0.0378. The van der Waals surface area contributed by atoms with Crippen molar-refractivity contribution in [2.75, 3.05) is 11.5 Å². The summed E-state index contributed by atoms with van der Waals surface area (Å²) in [6, 6.07) is 17.7. The Kier molecular flexibility index (Phi) is 4.81. The molecule has 4 nitrogen and oxygen atoms in total. The largest absolute Gasteiger partial charge is 0.349 e. The molecule has 1 aliphatic heterocycles. The highest BCUT2D eigenvalue weighted by Crippen LogP contribution is 2.20. The van der Waals surface area contributed by atoms with Crippen LogP contribution >= 0.6 is 0 Å². The quantitative estimate of drug-likeness (QED) is 0.870. The molecule has 1 fully saturated rings. The summed E-state index contributed by atoms with van der Waals surface area (Å²) in [5.74, 6) is -0.0705. The van der Waals surface area contributed by atoms with Gasteiger partial charge < -0.3 is 5.32 Å². The summed E-state index contributed by atoms with van der Waals surface area (Å²) in [7, 11) is -2.98. The van der Waals surface area contributed by atoms with Crippen LogP contribution in [0.25, 0.3) is 17.2 Å². The topological polar surface area (TPSA) is 63.2 Å². The lowest BCUT2D eigenvalue weighted by molar-refractivity contribution is -0.116. The number of carbonyl (C=O) groups excluding carboxylic acids is 1. The highest BCUT2D eigenvalue weighted by molar-refractivity contribution is 7.91. The van der Waals surface area contributed by atoms with Crippen LogP contribution in [0.5, 0.6) is 0 Å². The third-order valence-corrected chi connectivity index (χ3v) is 5.77. The summed E-state index contributed by atoms with van der Waals surface area (Å²) in [4.78, 5) is 11.9. The smallest absolute Gasteiger partial charge is 0.244 e. The van der Waals surface area contributed by atoms with Gasteiger partial charge in [0.1, 0.15) is 0 Å². The average molecular weight is 341 g/mol. The number of hydrogen-bond donors (Lipinski definition) is 1. The van der Waals surface area contributed by atoms with E-state index in [9.17, 15) is 13.2 Å². The van der Waals surface area contributed by atoms with Crippen LogP contribution < -0.4 is 5.32 Å². The van der Waals surface area contributed by atoms with E-state index in [1.807, 2.05) is 54.6 Å². The van der Waals surface area contributed by atoms with Crippen molar-refractivity contribution in [2.45, 2.75) is 12.5 Å². The normalized spacial score (nSPS) is 19.4. The van der Waals surface area contributed by atoms with Gasteiger partial charge in [0.2, 0.25) is 5.91 Å². The third-order valence-electron chi connectivity index (χ3n) is 4.00. The van der Waals surface area contributed by atoms with Crippen LogP contribution in [0.4, 0.5) is 0 Å². The van der Waals surface area contributed by atoms with Crippen molar-refractivity contribution in [2.24, 2.45) is 0 Å². The second-order valence-electron chi connectivity index (χ2n) is 5.93. The van der Waals surface area contributed by atoms with Crippen LogP contribution in [0, 0.1) is 0 Å². The van der Waals surface area contributed by atoms with Gasteiger partial charge in [-0.05, 0) is 35.3 Å². The molecular weight excluding hydrogens is 322 g/mol. The number of benzene rings is 2. The van der Waals surface area contributed by atoms with Crippen molar-refractivity contribution < 1.29 is 13.2 Å². The monoisotopic (exact) mass is 341 g/mol. The lowest BCUT2D eigenvalue weighted by Crippen LogP contribution is -2.34. The van der Waals surface area contributed by atoms with E-state index >= 15 is 0 Å². The zero-order valence-corrected chi connectivity index (χ0v) is 14.0. The predicted octanol–water partition coefficient (Wildman–Crippen LogP) is 2.67. The molecule has 1 aliphatic rings. The Morgan fingerprint density at radius 3 is 2.50 bits per heavy atom. The van der Waals surface area contributed by atoms with Crippen molar-refractivity contribution in [1.82, 2.24) is 5.32 Å². The molecule has 124 valence electrons. The van der Waals surface area contributed by atoms with Crippen molar-refractivity contribution >= 4 is 21.8 Å². The highest BCUT2D eigenvalue weighted by atomic mass is 32.2. The summed E-state index contributed by atoms with van der Waals surface area (Å²) in [6.45, 7) is 0. The molecule has 2 aromatic rings. The van der Waals surface area contributed by atoms with E-state index in [-0.39, 0.29) is 23.5 Å². The molecule has 1 heterocycles. The first-order valence-electron chi connectivity index (χ1n) is 7.86. The molecule has 1 saturated heterocycles. The number of rotatable bonds is 4. The summed E-state index contributed by atoms with van der Waals surface area (Å²) in [6.07, 6.45) is 3.69. The number of nitrogens with one attached hydrogen (secondary N) is 1. The molecule has 1 unspecified atom stereocenters. The van der Waals surface area contributed by atoms with Gasteiger partial charge in [-0.2, -0.15) is 0 Å². The second kappa shape index (κ2) is 7.01. The van der Waals surface area contributed by atoms with Crippen molar-refractivity contribution in [3.63, 3.8) is 0 Å². The van der Waals surface area contributed by atoms with E-state index in [1.54, 1.807) is 6.08 Å². The number of amides is 1. The number of hydrogen-bond acceptors (Lipinski definition) is 3. The highest BCUT2D eigenvalue weighted by Gasteiger charge is 2.28. The zero-order chi connectivity index (χ0) is 17.0. The van der Waals surface area contributed by atoms with E-state index in [1.165, 1.54) is 6.08 Å². The van der Waals surface area contributed by atoms with Crippen LogP contribution in [0.1, 0.15) is 12.0 Å². The molecule has 1 amide bonds. The summed E-state index contributed by atoms with van der Waals surface area (Å²) >= 11 is 0. The van der Waals surface area contributed by atoms with Crippen LogP contribution in [0.2, 0.25) is 0 Å². The van der Waals surface area contributed by atoms with Gasteiger partial charge in [0.05, 0.1) is 11.5 Å². The molecule has 0 aromatic heterocycles. The zero-order valence-electron chi connectivity index (χ0n) is 13.2. The standard InChI is InChI=1S/C19H19NO3S/c21-19(20-18-11-12-24(22,23)14-18)10-9-15-5-4-8-17(13-15)16-6-2-1-3-7-16/h1-10,13,18H,11-12,14H2,(H,20,21)/b10-9+. The first kappa shape index (κ1) is 16.5. The molecule has 2 aromatic carbocycles. The van der Waals surface area contributed by atoms with E-state index < -0.39 is 9.84 Å². The minimum atomic E-state index is -2.98. The Morgan fingerprint density at radius 1 is 1.04 bits per heavy atom. The van der Waals surface area contributed by atoms with Crippen LogP contribution in [-0.2, 0) is 14.6 Å². The molecule has 24 heavy (non-hydrogen) atoms. The van der Waals surface area contributed by atoms with Crippen LogP contribution in [0.15, 0.2) is 60.7 Å². The fraction of sp³-hybridized carbons (Fsp3) is 0.211. The maximum absolute atomic E-state index is 11.9. The fourth-order valence-corrected chi connectivity index (χ4v) is 4.46. The molecule has 3 rings (SSSR count). The van der Waals surface area contributed by atoms with E-state index in [0.29, 0.717) is 6.42 Å². The Bertz CT molecular complexity index is 857. The van der Waals surface area contributed by atoms with Crippen molar-refractivity contribution in [3.8, 4) is 11.1 Å². The van der Waals surface area contributed by atoms with Gasteiger partial charge in [-0.15, -0.1) is 0 Å². The lowest BCUT2D eigenvalue weighted by Gasteiger charge is -2.08. The average Bonchev–Trinajstić information content (AvgIpc) is 2.92. The fourth-order valence-electron chi connectivity index (χ4n) is 2.78. The molecule has 0 saturated carbocycles. The van der Waals surface area contributed by atoms with Crippen LogP contribution in [-0.4, -0.2) is 31.9 Å². The SMILES string of the molecule is O=C(/C=C/c1cccc(-c2ccccc2)c1)NC1CCS(=O)(=O)C1. The Morgan fingerprint density at radius 2 is 1.79 bits per heavy atom. The molecule has 0 radical (unpaired) electrons. The van der Waals surface area contributed by atoms with Gasteiger partial charge in [-0.25, -0.2) is 8.42 Å². The Hall–Kier alpha value is -2.40. The maximum Gasteiger partial charge on any atom is 0.244 e. The molecule has 0 bridgehead atoms. The molecule has 0 spiro atoms. The first-order valence-corrected chi connectivity index (χ1v) is 9.68. The lowest BCUT2D eigenvalue weighted by atomic mass is 10.0. The van der Waals surface area contributed by atoms with E-state index in [0.717, 1.165) is 16.7 Å². The van der Waals surface area contributed by atoms with E-state index in [2.05, 4.69) is 5.32 Å². The minimum Gasteiger partial charge on any atom is -0.349 e. The summed E-state index contributed by atoms with van der Waals surface area (Å²) in [5, 5.41) is 2.75. The summed E-state index contributed by atoms with van der Waals surface area (Å²) < 4.78 is 22.8. The van der Waals surface area contributed by atoms with Gasteiger partial charge in [0, 0.05) is 12.1 Å². The summed E-state index contributed by atoms with van der Waals surface area (Å²) in [5.41, 5.74) is 3.12. The van der Waals surface area contributed by atoms with Crippen LogP contribution in [0.3, 0.4) is 0 Å². The van der Waals surface area contributed by atoms with Gasteiger partial charge >= 0.3 is 0 Å². The molecule has 1 atom stereocenters.